The van der Waals surface area contributed by atoms with Crippen molar-refractivity contribution < 1.29 is 9.53 Å². The lowest BCUT2D eigenvalue weighted by Gasteiger charge is -2.19. The highest BCUT2D eigenvalue weighted by Gasteiger charge is 2.14. The second-order valence-corrected chi connectivity index (χ2v) is 6.08. The summed E-state index contributed by atoms with van der Waals surface area (Å²) < 4.78 is 5.15. The summed E-state index contributed by atoms with van der Waals surface area (Å²) in [5.74, 6) is 0. The molecule has 0 aliphatic rings. The summed E-state index contributed by atoms with van der Waals surface area (Å²) in [5, 5.41) is 3.88. The van der Waals surface area contributed by atoms with Crippen molar-refractivity contribution in [3.8, 4) is 0 Å². The van der Waals surface area contributed by atoms with Gasteiger partial charge in [0, 0.05) is 11.9 Å². The third kappa shape index (κ3) is 4.70. The molecule has 0 radical (unpaired) electrons. The first-order valence-corrected chi connectivity index (χ1v) is 7.26. The van der Waals surface area contributed by atoms with Gasteiger partial charge >= 0.3 is 6.09 Å². The number of carbonyl (C=O) groups excluding carboxylic acids is 1. The monoisotopic (exact) mass is 319 g/mol. The lowest BCUT2D eigenvalue weighted by Crippen LogP contribution is -2.32. The zero-order valence-corrected chi connectivity index (χ0v) is 13.5. The number of nitrogens with zero attached hydrogens (tertiary/aromatic N) is 2. The summed E-state index contributed by atoms with van der Waals surface area (Å²) in [6, 6.07) is 5.71. The van der Waals surface area contributed by atoms with E-state index in [1.807, 2.05) is 51.1 Å². The Hall–Kier alpha value is -2.14. The van der Waals surface area contributed by atoms with Crippen LogP contribution in [0.15, 0.2) is 30.6 Å². The molecule has 0 aliphatic heterocycles. The van der Waals surface area contributed by atoms with Crippen LogP contribution in [0.2, 0.25) is 5.15 Å². The van der Waals surface area contributed by atoms with E-state index in [1.54, 1.807) is 0 Å². The molecule has 22 heavy (non-hydrogen) atoms. The Morgan fingerprint density at radius 2 is 2.14 bits per heavy atom. The van der Waals surface area contributed by atoms with E-state index < -0.39 is 11.7 Å². The van der Waals surface area contributed by atoms with E-state index in [9.17, 15) is 4.79 Å². The van der Waals surface area contributed by atoms with Crippen LogP contribution in [-0.2, 0) is 4.74 Å². The van der Waals surface area contributed by atoms with E-state index in [2.05, 4.69) is 15.3 Å². The SMILES string of the molecule is CC(C)(C)OC(=O)NCC=Cc1ccc2ncnc(Cl)c2c1. The molecule has 116 valence electrons. The van der Waals surface area contributed by atoms with Crippen LogP contribution in [0.3, 0.4) is 0 Å². The van der Waals surface area contributed by atoms with Gasteiger partial charge in [-0.3, -0.25) is 0 Å². The standard InChI is InChI=1S/C16H18ClN3O2/c1-16(2,3)22-15(21)18-8-4-5-11-6-7-13-12(9-11)14(17)20-10-19-13/h4-7,9-10H,8H2,1-3H3,(H,18,21). The summed E-state index contributed by atoms with van der Waals surface area (Å²) in [6.07, 6.45) is 4.72. The highest BCUT2D eigenvalue weighted by Crippen LogP contribution is 2.20. The Morgan fingerprint density at radius 1 is 1.36 bits per heavy atom. The highest BCUT2D eigenvalue weighted by atomic mass is 35.5. The molecule has 0 atom stereocenters. The highest BCUT2D eigenvalue weighted by molar-refractivity contribution is 6.34. The summed E-state index contributed by atoms with van der Waals surface area (Å²) in [7, 11) is 0. The van der Waals surface area contributed by atoms with Gasteiger partial charge in [0.25, 0.3) is 0 Å². The zero-order valence-electron chi connectivity index (χ0n) is 12.8. The lowest BCUT2D eigenvalue weighted by atomic mass is 10.1. The maximum atomic E-state index is 11.5. The first-order chi connectivity index (χ1) is 10.3. The van der Waals surface area contributed by atoms with Crippen LogP contribution < -0.4 is 5.32 Å². The number of benzene rings is 1. The number of rotatable bonds is 3. The van der Waals surface area contributed by atoms with Gasteiger partial charge in [-0.1, -0.05) is 29.8 Å². The molecule has 1 N–H and O–H groups in total. The largest absolute Gasteiger partial charge is 0.444 e. The molecular formula is C16H18ClN3O2. The average Bonchev–Trinajstić information content (AvgIpc) is 2.42. The Balaban J connectivity index is 1.96. The van der Waals surface area contributed by atoms with Crippen molar-refractivity contribution in [1.82, 2.24) is 15.3 Å². The maximum absolute atomic E-state index is 11.5. The number of carbonyl (C=O) groups is 1. The smallest absolute Gasteiger partial charge is 0.407 e. The van der Waals surface area contributed by atoms with E-state index in [-0.39, 0.29) is 0 Å². The molecular weight excluding hydrogens is 302 g/mol. The number of amides is 1. The van der Waals surface area contributed by atoms with E-state index in [1.165, 1.54) is 6.33 Å². The summed E-state index contributed by atoms with van der Waals surface area (Å²) >= 11 is 6.04. The number of hydrogen-bond acceptors (Lipinski definition) is 4. The first kappa shape index (κ1) is 16.2. The maximum Gasteiger partial charge on any atom is 0.407 e. The van der Waals surface area contributed by atoms with Crippen molar-refractivity contribution in [3.63, 3.8) is 0 Å². The second-order valence-electron chi connectivity index (χ2n) is 5.73. The first-order valence-electron chi connectivity index (χ1n) is 6.89. The molecule has 0 bridgehead atoms. The molecule has 1 aromatic carbocycles. The van der Waals surface area contributed by atoms with Crippen molar-refractivity contribution in [3.05, 3.63) is 41.3 Å². The molecule has 0 fully saturated rings. The molecule has 1 amide bonds. The quantitative estimate of drug-likeness (QED) is 0.873. The molecule has 1 aromatic heterocycles. The number of ether oxygens (including phenoxy) is 1. The number of halogens is 1. The van der Waals surface area contributed by atoms with Crippen LogP contribution in [0, 0.1) is 0 Å². The summed E-state index contributed by atoms with van der Waals surface area (Å²) in [5.41, 5.74) is 1.25. The van der Waals surface area contributed by atoms with Crippen LogP contribution in [0.4, 0.5) is 4.79 Å². The Labute approximate surface area is 134 Å². The number of alkyl carbamates (subject to hydrolysis) is 1. The topological polar surface area (TPSA) is 64.1 Å². The van der Waals surface area contributed by atoms with Crippen LogP contribution in [0.25, 0.3) is 17.0 Å². The van der Waals surface area contributed by atoms with Gasteiger partial charge in [-0.2, -0.15) is 0 Å². The summed E-state index contributed by atoms with van der Waals surface area (Å²) in [6.45, 7) is 5.85. The van der Waals surface area contributed by atoms with Crippen LogP contribution in [-0.4, -0.2) is 28.2 Å². The minimum Gasteiger partial charge on any atom is -0.444 e. The van der Waals surface area contributed by atoms with E-state index >= 15 is 0 Å². The van der Waals surface area contributed by atoms with Gasteiger partial charge in [-0.15, -0.1) is 0 Å². The van der Waals surface area contributed by atoms with Crippen molar-refractivity contribution in [2.45, 2.75) is 26.4 Å². The van der Waals surface area contributed by atoms with Gasteiger partial charge in [0.1, 0.15) is 17.1 Å². The van der Waals surface area contributed by atoms with Gasteiger partial charge in [-0.05, 0) is 38.5 Å². The second kappa shape index (κ2) is 6.75. The van der Waals surface area contributed by atoms with E-state index in [4.69, 9.17) is 16.3 Å². The third-order valence-corrected chi connectivity index (χ3v) is 2.99. The Kier molecular flexibility index (Phi) is 4.98. The number of hydrogen-bond donors (Lipinski definition) is 1. The van der Waals surface area contributed by atoms with Gasteiger partial charge in [0.2, 0.25) is 0 Å². The number of fused-ring (bicyclic) bond motifs is 1. The van der Waals surface area contributed by atoms with Gasteiger partial charge in [0.15, 0.2) is 0 Å². The molecule has 0 saturated heterocycles. The van der Waals surface area contributed by atoms with Crippen LogP contribution in [0.1, 0.15) is 26.3 Å². The molecule has 0 spiro atoms. The van der Waals surface area contributed by atoms with Crippen molar-refractivity contribution in [1.29, 1.82) is 0 Å². The molecule has 2 rings (SSSR count). The molecule has 0 aliphatic carbocycles. The molecule has 0 unspecified atom stereocenters. The predicted octanol–water partition coefficient (Wildman–Crippen LogP) is 3.82. The van der Waals surface area contributed by atoms with Crippen LogP contribution >= 0.6 is 11.6 Å². The van der Waals surface area contributed by atoms with Crippen molar-refractivity contribution in [2.24, 2.45) is 0 Å². The fourth-order valence-electron chi connectivity index (χ4n) is 1.80. The fourth-order valence-corrected chi connectivity index (χ4v) is 1.99. The Morgan fingerprint density at radius 3 is 2.86 bits per heavy atom. The molecule has 6 heteroatoms. The van der Waals surface area contributed by atoms with Gasteiger partial charge in [-0.25, -0.2) is 14.8 Å². The average molecular weight is 320 g/mol. The van der Waals surface area contributed by atoms with Gasteiger partial charge in [0.05, 0.1) is 5.52 Å². The van der Waals surface area contributed by atoms with Crippen molar-refractivity contribution >= 4 is 34.7 Å². The minimum atomic E-state index is -0.497. The third-order valence-electron chi connectivity index (χ3n) is 2.68. The minimum absolute atomic E-state index is 0.381. The lowest BCUT2D eigenvalue weighted by molar-refractivity contribution is 0.0534. The number of nitrogens with one attached hydrogen (secondary N) is 1. The van der Waals surface area contributed by atoms with Crippen molar-refractivity contribution in [2.75, 3.05) is 6.54 Å². The molecule has 2 aromatic rings. The van der Waals surface area contributed by atoms with E-state index in [0.29, 0.717) is 11.7 Å². The molecule has 1 heterocycles. The number of aromatic nitrogens is 2. The van der Waals surface area contributed by atoms with Gasteiger partial charge < -0.3 is 10.1 Å². The molecule has 5 nitrogen and oxygen atoms in total. The van der Waals surface area contributed by atoms with E-state index in [0.717, 1.165) is 16.5 Å². The Bertz CT molecular complexity index is 708. The zero-order chi connectivity index (χ0) is 16.2. The molecule has 0 saturated carbocycles. The fraction of sp³-hybridized carbons (Fsp3) is 0.312. The normalized spacial score (nSPS) is 11.8. The van der Waals surface area contributed by atoms with Crippen LogP contribution in [0.5, 0.6) is 0 Å². The predicted molar refractivity (Wildman–Crippen MR) is 87.8 cm³/mol. The summed E-state index contributed by atoms with van der Waals surface area (Å²) in [4.78, 5) is 19.6.